The van der Waals surface area contributed by atoms with E-state index < -0.39 is 18.4 Å². The van der Waals surface area contributed by atoms with E-state index in [1.165, 1.54) is 6.07 Å². The van der Waals surface area contributed by atoms with Crippen LogP contribution in [0.3, 0.4) is 0 Å². The second-order valence-corrected chi connectivity index (χ2v) is 12.6. The molecular formula is C42H24F4N4. The monoisotopic (exact) mass is 660 g/mol. The Hall–Kier alpha value is -6.38. The van der Waals surface area contributed by atoms with Crippen molar-refractivity contribution < 1.29 is 17.6 Å². The van der Waals surface area contributed by atoms with Crippen molar-refractivity contribution >= 4 is 53.9 Å². The fourth-order valence-electron chi connectivity index (χ4n) is 7.53. The number of hydrogen-bond acceptors (Lipinski definition) is 4. The lowest BCUT2D eigenvalue weighted by atomic mass is 9.96. The molecule has 8 rings (SSSR count). The highest BCUT2D eigenvalue weighted by atomic mass is 19.4. The minimum atomic E-state index is -4.64. The minimum Gasteiger partial charge on any atom is -0.246 e. The minimum absolute atomic E-state index is 0.0786. The summed E-state index contributed by atoms with van der Waals surface area (Å²) >= 11 is 0. The van der Waals surface area contributed by atoms with Crippen molar-refractivity contribution in [1.82, 2.24) is 0 Å². The third kappa shape index (κ3) is 4.80. The molecule has 8 heteroatoms. The summed E-state index contributed by atoms with van der Waals surface area (Å²) in [4.78, 5) is 8.43. The average Bonchev–Trinajstić information content (AvgIpc) is 3.59. The number of alkyl halides is 4. The second kappa shape index (κ2) is 11.4. The molecule has 0 N–H and O–H groups in total. The van der Waals surface area contributed by atoms with E-state index in [0.29, 0.717) is 27.1 Å². The van der Waals surface area contributed by atoms with Crippen LogP contribution in [-0.2, 0) is 12.9 Å². The van der Waals surface area contributed by atoms with Crippen LogP contribution in [0.1, 0.15) is 22.3 Å². The third-order valence-electron chi connectivity index (χ3n) is 9.49. The van der Waals surface area contributed by atoms with Gasteiger partial charge in [0.1, 0.15) is 6.67 Å². The highest BCUT2D eigenvalue weighted by Gasteiger charge is 2.31. The number of fused-ring (bicyclic) bond motifs is 9. The Labute approximate surface area is 282 Å². The molecular weight excluding hydrogens is 636 g/mol. The van der Waals surface area contributed by atoms with Crippen molar-refractivity contribution in [3.05, 3.63) is 130 Å². The van der Waals surface area contributed by atoms with E-state index in [1.54, 1.807) is 12.1 Å². The van der Waals surface area contributed by atoms with Crippen LogP contribution in [0.15, 0.2) is 107 Å². The molecule has 0 aliphatic rings. The molecule has 240 valence electrons. The van der Waals surface area contributed by atoms with Crippen molar-refractivity contribution in [3.63, 3.8) is 0 Å². The summed E-state index contributed by atoms with van der Waals surface area (Å²) in [6.45, 7) is 3.08. The Bertz CT molecular complexity index is 2930. The molecule has 0 heterocycles. The van der Waals surface area contributed by atoms with Crippen LogP contribution in [0.5, 0.6) is 0 Å². The SMILES string of the molecule is Cc1cc(C)cc(-c2ccc3c(c2)c(=NC#N)c2ccc4c(ccc5c(=NC#N)c6cc(-c7cc(CF)cc(C(F)(F)F)c7)ccc6c54)c23)c1. The summed E-state index contributed by atoms with van der Waals surface area (Å²) in [6, 6.07) is 28.9. The molecule has 0 bridgehead atoms. The molecule has 4 nitrogen and oxygen atoms in total. The second-order valence-electron chi connectivity index (χ2n) is 12.6. The average molecular weight is 661 g/mol. The van der Waals surface area contributed by atoms with Gasteiger partial charge in [-0.15, -0.1) is 0 Å². The van der Waals surface area contributed by atoms with E-state index >= 15 is 0 Å². The molecule has 8 aromatic carbocycles. The van der Waals surface area contributed by atoms with Gasteiger partial charge in [0.2, 0.25) is 12.4 Å². The lowest BCUT2D eigenvalue weighted by Crippen LogP contribution is -2.06. The molecule has 0 radical (unpaired) electrons. The van der Waals surface area contributed by atoms with Crippen LogP contribution >= 0.6 is 0 Å². The molecule has 50 heavy (non-hydrogen) atoms. The van der Waals surface area contributed by atoms with Gasteiger partial charge in [-0.2, -0.15) is 33.7 Å². The van der Waals surface area contributed by atoms with Gasteiger partial charge >= 0.3 is 6.18 Å². The van der Waals surface area contributed by atoms with E-state index in [1.807, 2.05) is 42.7 Å². The molecule has 0 aliphatic heterocycles. The van der Waals surface area contributed by atoms with E-state index in [9.17, 15) is 28.1 Å². The quantitative estimate of drug-likeness (QED) is 0.140. The van der Waals surface area contributed by atoms with E-state index in [-0.39, 0.29) is 11.1 Å². The Balaban J connectivity index is 1.42. The molecule has 0 fully saturated rings. The molecule has 8 aromatic rings. The van der Waals surface area contributed by atoms with Crippen molar-refractivity contribution in [1.29, 1.82) is 10.5 Å². The first-order chi connectivity index (χ1) is 24.1. The topological polar surface area (TPSA) is 72.3 Å². The molecule has 0 saturated heterocycles. The van der Waals surface area contributed by atoms with Crippen LogP contribution < -0.4 is 10.7 Å². The van der Waals surface area contributed by atoms with Crippen LogP contribution in [-0.4, -0.2) is 0 Å². The van der Waals surface area contributed by atoms with Crippen molar-refractivity contribution in [2.45, 2.75) is 26.7 Å². The zero-order chi connectivity index (χ0) is 34.9. The smallest absolute Gasteiger partial charge is 0.246 e. The van der Waals surface area contributed by atoms with Gasteiger partial charge in [0.05, 0.1) is 16.3 Å². The van der Waals surface area contributed by atoms with Crippen LogP contribution in [0.4, 0.5) is 17.6 Å². The summed E-state index contributed by atoms with van der Waals surface area (Å²) in [5.41, 5.74) is 4.04. The van der Waals surface area contributed by atoms with Gasteiger partial charge in [0.25, 0.3) is 0 Å². The van der Waals surface area contributed by atoms with Crippen molar-refractivity contribution in [3.8, 4) is 34.6 Å². The number of aryl methyl sites for hydroxylation is 2. The van der Waals surface area contributed by atoms with E-state index in [2.05, 4.69) is 60.2 Å². The molecule has 0 unspecified atom stereocenters. The number of hydrogen-bond donors (Lipinski definition) is 0. The Kier molecular flexibility index (Phi) is 7.02. The van der Waals surface area contributed by atoms with Crippen LogP contribution in [0.2, 0.25) is 0 Å². The molecule has 0 spiro atoms. The van der Waals surface area contributed by atoms with Gasteiger partial charge in [0, 0.05) is 21.5 Å². The number of benzene rings is 6. The predicted molar refractivity (Wildman–Crippen MR) is 189 cm³/mol. The molecule has 0 amide bonds. The summed E-state index contributed by atoms with van der Waals surface area (Å²) in [5, 5.41) is 28.7. The van der Waals surface area contributed by atoms with Gasteiger partial charge in [-0.05, 0) is 104 Å². The lowest BCUT2D eigenvalue weighted by Gasteiger charge is -2.11. The first-order valence-electron chi connectivity index (χ1n) is 15.8. The summed E-state index contributed by atoms with van der Waals surface area (Å²) < 4.78 is 54.7. The molecule has 0 saturated carbocycles. The van der Waals surface area contributed by atoms with E-state index in [0.717, 1.165) is 77.5 Å². The summed E-state index contributed by atoms with van der Waals surface area (Å²) in [5.74, 6) is 0. The fourth-order valence-corrected chi connectivity index (χ4v) is 7.53. The van der Waals surface area contributed by atoms with Gasteiger partial charge in [-0.1, -0.05) is 77.9 Å². The maximum atomic E-state index is 13.7. The Morgan fingerprint density at radius 3 is 1.42 bits per heavy atom. The number of rotatable bonds is 3. The first-order valence-corrected chi connectivity index (χ1v) is 15.8. The number of halogens is 4. The maximum Gasteiger partial charge on any atom is 0.416 e. The maximum absolute atomic E-state index is 13.7. The van der Waals surface area contributed by atoms with Gasteiger partial charge in [0.15, 0.2) is 0 Å². The van der Waals surface area contributed by atoms with Gasteiger partial charge < -0.3 is 0 Å². The molecule has 0 atom stereocenters. The third-order valence-corrected chi connectivity index (χ3v) is 9.49. The van der Waals surface area contributed by atoms with Crippen molar-refractivity contribution in [2.24, 2.45) is 9.98 Å². The van der Waals surface area contributed by atoms with Gasteiger partial charge in [-0.25, -0.2) is 4.39 Å². The summed E-state index contributed by atoms with van der Waals surface area (Å²) in [7, 11) is 0. The Morgan fingerprint density at radius 2 is 0.960 bits per heavy atom. The van der Waals surface area contributed by atoms with E-state index in [4.69, 9.17) is 0 Å². The Morgan fingerprint density at radius 1 is 0.520 bits per heavy atom. The predicted octanol–water partition coefficient (Wildman–Crippen LogP) is 10.5. The first kappa shape index (κ1) is 30.9. The fraction of sp³-hybridized carbons (Fsp3) is 0.0952. The van der Waals surface area contributed by atoms with Crippen LogP contribution in [0, 0.1) is 36.8 Å². The van der Waals surface area contributed by atoms with Gasteiger partial charge in [-0.3, -0.25) is 0 Å². The number of nitriles is 2. The zero-order valence-corrected chi connectivity index (χ0v) is 26.7. The lowest BCUT2D eigenvalue weighted by molar-refractivity contribution is -0.137. The standard InChI is InChI=1S/C42H24F4N4/c1-22-11-23(2)13-27(12-22)25-3-5-32-36(17-25)40(49-20-47)34-9-7-31-30(38(32)34)8-10-35-39(31)33-6-4-26(18-37(33)41(35)50-21-48)28-14-24(19-43)15-29(16-28)42(44,45)46/h3-18H,19H2,1-2H3. The highest BCUT2D eigenvalue weighted by Crippen LogP contribution is 2.40. The zero-order valence-electron chi connectivity index (χ0n) is 26.7. The molecule has 0 aromatic heterocycles. The largest absolute Gasteiger partial charge is 0.416 e. The highest BCUT2D eigenvalue weighted by molar-refractivity contribution is 6.31. The normalized spacial score (nSPS) is 12.9. The van der Waals surface area contributed by atoms with Crippen molar-refractivity contribution in [2.75, 3.05) is 0 Å². The molecule has 0 aliphatic carbocycles. The van der Waals surface area contributed by atoms with Crippen LogP contribution in [0.25, 0.3) is 76.1 Å². The summed E-state index contributed by atoms with van der Waals surface area (Å²) in [6.07, 6.45) is -0.765. The number of nitrogens with zero attached hydrogens (tertiary/aromatic N) is 4.